The summed E-state index contributed by atoms with van der Waals surface area (Å²) < 4.78 is 0. The summed E-state index contributed by atoms with van der Waals surface area (Å²) in [6.45, 7) is 7.57. The lowest BCUT2D eigenvalue weighted by atomic mass is 10.2. The average Bonchev–Trinajstić information content (AvgIpc) is 1.89. The first-order valence-electron chi connectivity index (χ1n) is 4.24. The first-order chi connectivity index (χ1) is 5.08. The van der Waals surface area contributed by atoms with E-state index < -0.39 is 5.18 Å². The summed E-state index contributed by atoms with van der Waals surface area (Å²) in [6.07, 6.45) is 1.52. The summed E-state index contributed by atoms with van der Waals surface area (Å²) >= 11 is 5.88. The molecule has 2 nitrogen and oxygen atoms in total. The summed E-state index contributed by atoms with van der Waals surface area (Å²) in [5.41, 5.74) is 0. The van der Waals surface area contributed by atoms with Crippen LogP contribution in [0, 0.1) is 0 Å². The number of halogens is 1. The third-order valence-electron chi connectivity index (χ3n) is 1.82. The summed E-state index contributed by atoms with van der Waals surface area (Å²) in [5.74, 6) is 0. The Bertz CT molecular complexity index is 102. The first-order valence-corrected chi connectivity index (χ1v) is 4.62. The van der Waals surface area contributed by atoms with E-state index in [2.05, 4.69) is 0 Å². The Labute approximate surface area is 74.2 Å². The lowest BCUT2D eigenvalue weighted by Crippen LogP contribution is -2.43. The Balaban J connectivity index is 4.00. The average molecular weight is 180 g/mol. The van der Waals surface area contributed by atoms with Crippen LogP contribution in [0.5, 0.6) is 0 Å². The van der Waals surface area contributed by atoms with Crippen molar-refractivity contribution in [2.45, 2.75) is 38.8 Å². The Hall–Kier alpha value is 0.210. The zero-order valence-corrected chi connectivity index (χ0v) is 8.36. The molecule has 0 saturated heterocycles. The molecule has 0 aliphatic carbocycles. The van der Waals surface area contributed by atoms with Gasteiger partial charge in [-0.1, -0.05) is 38.8 Å². The van der Waals surface area contributed by atoms with E-state index in [1.807, 2.05) is 25.7 Å². The number of hydrogen-bond acceptors (Lipinski definition) is 2. The van der Waals surface area contributed by atoms with Crippen LogP contribution >= 0.6 is 11.6 Å². The zero-order valence-electron chi connectivity index (χ0n) is 7.60. The van der Waals surface area contributed by atoms with Gasteiger partial charge < -0.3 is 5.11 Å². The van der Waals surface area contributed by atoms with E-state index in [1.165, 1.54) is 0 Å². The van der Waals surface area contributed by atoms with Crippen molar-refractivity contribution in [1.29, 1.82) is 0 Å². The monoisotopic (exact) mass is 179 g/mol. The Kier molecular flexibility index (Phi) is 5.06. The molecule has 1 atom stereocenters. The molecule has 0 rings (SSSR count). The fraction of sp³-hybridized carbons (Fsp3) is 1.00. The van der Waals surface area contributed by atoms with Gasteiger partial charge in [0.25, 0.3) is 0 Å². The van der Waals surface area contributed by atoms with Gasteiger partial charge in [0.05, 0.1) is 0 Å². The maximum absolute atomic E-state index is 9.67. The Morgan fingerprint density at radius 3 is 2.00 bits per heavy atom. The van der Waals surface area contributed by atoms with Gasteiger partial charge in [-0.2, -0.15) is 0 Å². The second-order valence-corrected chi connectivity index (χ2v) is 3.25. The molecular formula is C8H18ClNO. The summed E-state index contributed by atoms with van der Waals surface area (Å²) in [7, 11) is 0. The van der Waals surface area contributed by atoms with Crippen LogP contribution in [0.3, 0.4) is 0 Å². The lowest BCUT2D eigenvalue weighted by molar-refractivity contribution is -0.0372. The molecule has 1 N–H and O–H groups in total. The molecule has 0 radical (unpaired) electrons. The highest BCUT2D eigenvalue weighted by atomic mass is 35.5. The number of rotatable bonds is 5. The molecule has 0 saturated carbocycles. The van der Waals surface area contributed by atoms with E-state index in [9.17, 15) is 5.11 Å². The molecule has 0 aromatic rings. The van der Waals surface area contributed by atoms with E-state index in [0.717, 1.165) is 19.5 Å². The predicted octanol–water partition coefficient (Wildman–Crippen LogP) is 2.01. The van der Waals surface area contributed by atoms with E-state index in [-0.39, 0.29) is 0 Å². The molecule has 0 aliphatic rings. The Morgan fingerprint density at radius 2 is 1.73 bits per heavy atom. The minimum atomic E-state index is -1.13. The fourth-order valence-electron chi connectivity index (χ4n) is 1.18. The smallest absolute Gasteiger partial charge is 0.196 e. The molecule has 0 fully saturated rings. The van der Waals surface area contributed by atoms with Crippen LogP contribution in [0.4, 0.5) is 0 Å². The van der Waals surface area contributed by atoms with Crippen molar-refractivity contribution in [3.8, 4) is 0 Å². The maximum Gasteiger partial charge on any atom is 0.196 e. The highest BCUT2D eigenvalue weighted by Gasteiger charge is 2.27. The van der Waals surface area contributed by atoms with E-state index in [4.69, 9.17) is 11.6 Å². The SMILES string of the molecule is CCCC(O)(Cl)N(CC)CC. The standard InChI is InChI=1S/C8H18ClNO/c1-4-7-8(9,11)10(5-2)6-3/h11H,4-7H2,1-3H3. The van der Waals surface area contributed by atoms with Crippen molar-refractivity contribution in [2.75, 3.05) is 13.1 Å². The molecule has 0 spiro atoms. The second-order valence-electron chi connectivity index (χ2n) is 2.64. The van der Waals surface area contributed by atoms with Gasteiger partial charge in [-0.25, -0.2) is 0 Å². The fourth-order valence-corrected chi connectivity index (χ4v) is 1.61. The van der Waals surface area contributed by atoms with E-state index in [0.29, 0.717) is 6.42 Å². The number of nitrogens with zero attached hydrogens (tertiary/aromatic N) is 1. The Morgan fingerprint density at radius 1 is 1.27 bits per heavy atom. The van der Waals surface area contributed by atoms with Crippen molar-refractivity contribution in [3.63, 3.8) is 0 Å². The molecule has 3 heteroatoms. The van der Waals surface area contributed by atoms with Crippen LogP contribution in [0.15, 0.2) is 0 Å². The van der Waals surface area contributed by atoms with Gasteiger partial charge in [-0.05, 0) is 13.1 Å². The van der Waals surface area contributed by atoms with Gasteiger partial charge in [-0.3, -0.25) is 4.90 Å². The van der Waals surface area contributed by atoms with Crippen LogP contribution < -0.4 is 0 Å². The van der Waals surface area contributed by atoms with Crippen LogP contribution in [0.2, 0.25) is 0 Å². The van der Waals surface area contributed by atoms with Crippen LogP contribution in [0.1, 0.15) is 33.6 Å². The van der Waals surface area contributed by atoms with E-state index in [1.54, 1.807) is 0 Å². The summed E-state index contributed by atoms with van der Waals surface area (Å²) in [5, 5.41) is 8.54. The minimum Gasteiger partial charge on any atom is -0.363 e. The molecule has 11 heavy (non-hydrogen) atoms. The third-order valence-corrected chi connectivity index (χ3v) is 2.24. The van der Waals surface area contributed by atoms with Crippen LogP contribution in [-0.4, -0.2) is 28.3 Å². The normalized spacial score (nSPS) is 16.9. The minimum absolute atomic E-state index is 0.621. The van der Waals surface area contributed by atoms with Crippen molar-refractivity contribution < 1.29 is 5.11 Å². The molecule has 0 amide bonds. The number of hydrogen-bond donors (Lipinski definition) is 1. The van der Waals surface area contributed by atoms with E-state index >= 15 is 0 Å². The van der Waals surface area contributed by atoms with Crippen LogP contribution in [0.25, 0.3) is 0 Å². The van der Waals surface area contributed by atoms with Crippen molar-refractivity contribution in [2.24, 2.45) is 0 Å². The number of aliphatic hydroxyl groups is 1. The molecule has 1 unspecified atom stereocenters. The highest BCUT2D eigenvalue weighted by molar-refractivity contribution is 6.22. The number of alkyl halides is 1. The third kappa shape index (κ3) is 3.41. The summed E-state index contributed by atoms with van der Waals surface area (Å²) in [6, 6.07) is 0. The molecule has 0 aromatic heterocycles. The molecule has 0 heterocycles. The molecule has 0 aliphatic heterocycles. The topological polar surface area (TPSA) is 23.5 Å². The largest absolute Gasteiger partial charge is 0.363 e. The first kappa shape index (κ1) is 11.2. The lowest BCUT2D eigenvalue weighted by Gasteiger charge is -2.32. The van der Waals surface area contributed by atoms with Gasteiger partial charge in [0.2, 0.25) is 0 Å². The predicted molar refractivity (Wildman–Crippen MR) is 48.6 cm³/mol. The molecular weight excluding hydrogens is 162 g/mol. The molecule has 0 aromatic carbocycles. The molecule has 0 bridgehead atoms. The zero-order chi connectivity index (χ0) is 8.91. The van der Waals surface area contributed by atoms with Gasteiger partial charge in [0.15, 0.2) is 5.18 Å². The van der Waals surface area contributed by atoms with Crippen molar-refractivity contribution >= 4 is 11.6 Å². The maximum atomic E-state index is 9.67. The quantitative estimate of drug-likeness (QED) is 0.397. The van der Waals surface area contributed by atoms with Crippen molar-refractivity contribution in [1.82, 2.24) is 4.90 Å². The second kappa shape index (κ2) is 4.96. The van der Waals surface area contributed by atoms with Gasteiger partial charge in [0, 0.05) is 6.42 Å². The van der Waals surface area contributed by atoms with Gasteiger partial charge in [0.1, 0.15) is 0 Å². The summed E-state index contributed by atoms with van der Waals surface area (Å²) in [4.78, 5) is 1.85. The highest BCUT2D eigenvalue weighted by Crippen LogP contribution is 2.22. The van der Waals surface area contributed by atoms with Gasteiger partial charge >= 0.3 is 0 Å². The van der Waals surface area contributed by atoms with Crippen LogP contribution in [-0.2, 0) is 0 Å². The van der Waals surface area contributed by atoms with Gasteiger partial charge in [-0.15, -0.1) is 0 Å². The van der Waals surface area contributed by atoms with Crippen molar-refractivity contribution in [3.05, 3.63) is 0 Å². The molecule has 68 valence electrons.